The molecule has 2 aromatic rings. The molecule has 0 saturated carbocycles. The smallest absolute Gasteiger partial charge is 0.341 e. The zero-order chi connectivity index (χ0) is 22.2. The molecule has 8 heteroatoms. The molecule has 1 aliphatic heterocycles. The summed E-state index contributed by atoms with van der Waals surface area (Å²) in [5.41, 5.74) is 2.63. The molecule has 1 aromatic carbocycles. The molecule has 1 aliphatic rings. The molecule has 8 nitrogen and oxygen atoms in total. The van der Waals surface area contributed by atoms with Gasteiger partial charge in [-0.25, -0.2) is 4.79 Å². The molecule has 31 heavy (non-hydrogen) atoms. The van der Waals surface area contributed by atoms with Gasteiger partial charge in [-0.05, 0) is 38.0 Å². The van der Waals surface area contributed by atoms with Crippen molar-refractivity contribution >= 4 is 11.9 Å². The van der Waals surface area contributed by atoms with Crippen molar-refractivity contribution < 1.29 is 23.4 Å². The summed E-state index contributed by atoms with van der Waals surface area (Å²) in [5, 5.41) is 6.50. The number of nitrogens with zero attached hydrogens (tertiary/aromatic N) is 1. The zero-order valence-corrected chi connectivity index (χ0v) is 18.6. The lowest BCUT2D eigenvalue weighted by Crippen LogP contribution is -2.36. The van der Waals surface area contributed by atoms with Crippen molar-refractivity contribution in [1.82, 2.24) is 10.6 Å². The molecule has 3 rings (SSSR count). The van der Waals surface area contributed by atoms with Crippen LogP contribution in [0.2, 0.25) is 0 Å². The molecule has 1 saturated heterocycles. The van der Waals surface area contributed by atoms with E-state index in [2.05, 4.69) is 40.7 Å². The van der Waals surface area contributed by atoms with Gasteiger partial charge in [0.2, 0.25) is 0 Å². The van der Waals surface area contributed by atoms with E-state index >= 15 is 0 Å². The number of carbonyl (C=O) groups is 1. The Morgan fingerprint density at radius 1 is 1.23 bits per heavy atom. The number of carbonyl (C=O) groups excluding carboxylic acids is 1. The molecule has 1 atom stereocenters. The number of esters is 1. The highest BCUT2D eigenvalue weighted by molar-refractivity contribution is 5.90. The molecular formula is C23H31N3O5. The van der Waals surface area contributed by atoms with Gasteiger partial charge in [-0.15, -0.1) is 0 Å². The normalized spacial score (nSPS) is 16.3. The molecular weight excluding hydrogens is 398 g/mol. The Labute approximate surface area is 183 Å². The summed E-state index contributed by atoms with van der Waals surface area (Å²) < 4.78 is 21.9. The lowest BCUT2D eigenvalue weighted by Gasteiger charge is -2.16. The van der Waals surface area contributed by atoms with E-state index in [-0.39, 0.29) is 0 Å². The van der Waals surface area contributed by atoms with Crippen molar-refractivity contribution in [2.45, 2.75) is 33.4 Å². The summed E-state index contributed by atoms with van der Waals surface area (Å²) in [4.78, 5) is 16.0. The second kappa shape index (κ2) is 10.9. The first-order valence-corrected chi connectivity index (χ1v) is 10.4. The predicted molar refractivity (Wildman–Crippen MR) is 117 cm³/mol. The fraction of sp³-hybridized carbons (Fsp3) is 0.478. The third kappa shape index (κ3) is 6.24. The number of methoxy groups -OCH3 is 1. The number of rotatable bonds is 8. The summed E-state index contributed by atoms with van der Waals surface area (Å²) in [6, 6.07) is 7.87. The number of hydrogen-bond donors (Lipinski definition) is 2. The second-order valence-corrected chi connectivity index (χ2v) is 7.61. The first-order valence-electron chi connectivity index (χ1n) is 10.4. The van der Waals surface area contributed by atoms with Crippen LogP contribution in [0.3, 0.4) is 0 Å². The van der Waals surface area contributed by atoms with Gasteiger partial charge in [-0.1, -0.05) is 12.1 Å². The van der Waals surface area contributed by atoms with Crippen molar-refractivity contribution in [3.8, 4) is 5.75 Å². The first-order chi connectivity index (χ1) is 15.0. The molecule has 0 bridgehead atoms. The van der Waals surface area contributed by atoms with E-state index in [1.807, 2.05) is 0 Å². The van der Waals surface area contributed by atoms with E-state index in [1.165, 1.54) is 7.11 Å². The van der Waals surface area contributed by atoms with Crippen LogP contribution >= 0.6 is 0 Å². The van der Waals surface area contributed by atoms with E-state index in [1.54, 1.807) is 20.0 Å². The van der Waals surface area contributed by atoms with Gasteiger partial charge in [0.05, 0.1) is 26.9 Å². The van der Waals surface area contributed by atoms with Gasteiger partial charge >= 0.3 is 5.97 Å². The Kier molecular flexibility index (Phi) is 7.94. The first kappa shape index (κ1) is 22.7. The van der Waals surface area contributed by atoms with Crippen molar-refractivity contribution in [3.05, 3.63) is 52.5 Å². The monoisotopic (exact) mass is 429 g/mol. The topological polar surface area (TPSA) is 94.3 Å². The van der Waals surface area contributed by atoms with Crippen LogP contribution in [0.25, 0.3) is 0 Å². The number of benzene rings is 1. The third-order valence-electron chi connectivity index (χ3n) is 5.20. The van der Waals surface area contributed by atoms with Crippen LogP contribution in [0.4, 0.5) is 0 Å². The molecule has 2 N–H and O–H groups in total. The molecule has 168 valence electrons. The van der Waals surface area contributed by atoms with Crippen molar-refractivity contribution in [3.63, 3.8) is 0 Å². The largest absolute Gasteiger partial charge is 0.493 e. The Morgan fingerprint density at radius 2 is 2.03 bits per heavy atom. The Morgan fingerprint density at radius 3 is 2.74 bits per heavy atom. The summed E-state index contributed by atoms with van der Waals surface area (Å²) in [7, 11) is 3.05. The summed E-state index contributed by atoms with van der Waals surface area (Å²) in [6.07, 6.45) is 1.04. The van der Waals surface area contributed by atoms with Gasteiger partial charge in [-0.3, -0.25) is 4.99 Å². The maximum atomic E-state index is 11.7. The van der Waals surface area contributed by atoms with Gasteiger partial charge in [0, 0.05) is 31.7 Å². The number of furan rings is 1. The van der Waals surface area contributed by atoms with Gasteiger partial charge in [-0.2, -0.15) is 0 Å². The van der Waals surface area contributed by atoms with E-state index < -0.39 is 5.97 Å². The van der Waals surface area contributed by atoms with Gasteiger partial charge < -0.3 is 29.3 Å². The summed E-state index contributed by atoms with van der Waals surface area (Å²) in [6.45, 7) is 6.96. The maximum absolute atomic E-state index is 11.7. The van der Waals surface area contributed by atoms with Crippen molar-refractivity contribution in [2.24, 2.45) is 10.9 Å². The van der Waals surface area contributed by atoms with Crippen molar-refractivity contribution in [2.75, 3.05) is 34.0 Å². The number of guanidine groups is 1. The number of aliphatic imine (C=N–C) groups is 1. The van der Waals surface area contributed by atoms with E-state index in [0.29, 0.717) is 48.7 Å². The van der Waals surface area contributed by atoms with E-state index in [9.17, 15) is 4.79 Å². The predicted octanol–water partition coefficient (Wildman–Crippen LogP) is 2.96. The molecule has 2 heterocycles. The highest BCUT2D eigenvalue weighted by atomic mass is 16.5. The molecule has 1 fully saturated rings. The second-order valence-electron chi connectivity index (χ2n) is 7.61. The quantitative estimate of drug-likeness (QED) is 0.378. The van der Waals surface area contributed by atoms with E-state index in [0.717, 1.165) is 36.5 Å². The minimum absolute atomic E-state index is 0.385. The Bertz CT molecular complexity index is 916. The summed E-state index contributed by atoms with van der Waals surface area (Å²) in [5.74, 6) is 2.68. The minimum atomic E-state index is -0.411. The van der Waals surface area contributed by atoms with Crippen LogP contribution < -0.4 is 15.4 Å². The molecule has 0 spiro atoms. The third-order valence-corrected chi connectivity index (χ3v) is 5.20. The fourth-order valence-corrected chi connectivity index (χ4v) is 3.38. The van der Waals surface area contributed by atoms with Gasteiger partial charge in [0.1, 0.15) is 22.8 Å². The highest BCUT2D eigenvalue weighted by Gasteiger charge is 2.18. The lowest BCUT2D eigenvalue weighted by molar-refractivity contribution is 0.0599. The Balaban J connectivity index is 1.56. The van der Waals surface area contributed by atoms with Crippen LogP contribution in [0.15, 0.2) is 33.7 Å². The van der Waals surface area contributed by atoms with Crippen LogP contribution in [-0.4, -0.2) is 45.9 Å². The zero-order valence-electron chi connectivity index (χ0n) is 18.6. The molecule has 1 aromatic heterocycles. The van der Waals surface area contributed by atoms with Crippen LogP contribution in [0.5, 0.6) is 5.75 Å². The van der Waals surface area contributed by atoms with Gasteiger partial charge in [0.15, 0.2) is 5.96 Å². The molecule has 0 radical (unpaired) electrons. The number of nitrogens with one attached hydrogen (secondary N) is 2. The van der Waals surface area contributed by atoms with E-state index in [4.69, 9.17) is 18.6 Å². The highest BCUT2D eigenvalue weighted by Crippen LogP contribution is 2.23. The summed E-state index contributed by atoms with van der Waals surface area (Å²) >= 11 is 0. The average molecular weight is 430 g/mol. The lowest BCUT2D eigenvalue weighted by atomic mass is 10.1. The molecule has 1 unspecified atom stereocenters. The average Bonchev–Trinajstić information content (AvgIpc) is 3.42. The van der Waals surface area contributed by atoms with Crippen LogP contribution in [0, 0.1) is 19.8 Å². The number of hydrogen-bond acceptors (Lipinski definition) is 6. The minimum Gasteiger partial charge on any atom is -0.493 e. The Hall–Kier alpha value is -3.00. The maximum Gasteiger partial charge on any atom is 0.341 e. The van der Waals surface area contributed by atoms with Crippen molar-refractivity contribution in [1.29, 1.82) is 0 Å². The van der Waals surface area contributed by atoms with Crippen LogP contribution in [-0.2, 0) is 22.6 Å². The fourth-order valence-electron chi connectivity index (χ4n) is 3.38. The number of ether oxygens (including phenoxy) is 3. The molecule has 0 amide bonds. The molecule has 0 aliphatic carbocycles. The number of aryl methyl sites for hydroxylation is 2. The standard InChI is InChI=1S/C23H31N3O5/c1-15-5-6-18(21(9-15)30-14-17-7-8-29-13-17)11-25-23(24-3)26-12-19-10-20(16(2)31-19)22(27)28-4/h5-6,9-10,17H,7-8,11-14H2,1-4H3,(H2,24,25,26). The van der Waals surface area contributed by atoms with Crippen LogP contribution in [0.1, 0.15) is 39.4 Å². The van der Waals surface area contributed by atoms with Gasteiger partial charge in [0.25, 0.3) is 0 Å². The SMILES string of the molecule is CN=C(NCc1cc(C(=O)OC)c(C)o1)NCc1ccc(C)cc1OCC1CCOC1.